The molecule has 21 heavy (non-hydrogen) atoms. The van der Waals surface area contributed by atoms with Gasteiger partial charge < -0.3 is 10.6 Å². The van der Waals surface area contributed by atoms with Crippen molar-refractivity contribution in [3.63, 3.8) is 0 Å². The van der Waals surface area contributed by atoms with E-state index >= 15 is 0 Å². The second-order valence-electron chi connectivity index (χ2n) is 4.61. The fourth-order valence-electron chi connectivity index (χ4n) is 1.48. The highest BCUT2D eigenvalue weighted by molar-refractivity contribution is 5.80. The predicted octanol–water partition coefficient (Wildman–Crippen LogP) is 1.53. The first kappa shape index (κ1) is 19.4. The van der Waals surface area contributed by atoms with Gasteiger partial charge in [-0.3, -0.25) is 9.69 Å². The largest absolute Gasteiger partial charge is 0.401 e. The number of halogens is 3. The number of hydrogen-bond acceptors (Lipinski definition) is 3. The van der Waals surface area contributed by atoms with Crippen LogP contribution in [0.5, 0.6) is 0 Å². The molecular weight excluding hydrogens is 285 g/mol. The number of amidine groups is 1. The fourth-order valence-corrected chi connectivity index (χ4v) is 1.48. The summed E-state index contributed by atoms with van der Waals surface area (Å²) in [6.45, 7) is 1.75. The van der Waals surface area contributed by atoms with Crippen molar-refractivity contribution >= 4 is 11.7 Å². The summed E-state index contributed by atoms with van der Waals surface area (Å²) >= 11 is 0. The van der Waals surface area contributed by atoms with Gasteiger partial charge in [0.2, 0.25) is 5.91 Å². The van der Waals surface area contributed by atoms with E-state index in [1.165, 1.54) is 18.1 Å². The summed E-state index contributed by atoms with van der Waals surface area (Å²) in [5.41, 5.74) is 0. The zero-order valence-corrected chi connectivity index (χ0v) is 12.6. The predicted molar refractivity (Wildman–Crippen MR) is 77.1 cm³/mol. The maximum absolute atomic E-state index is 12.1. The SMILES string of the molecule is CNC(=O)C/C=C\N=C(/C)NCCCN(C)CC(F)(F)F. The minimum absolute atomic E-state index is 0.0974. The van der Waals surface area contributed by atoms with E-state index < -0.39 is 12.7 Å². The van der Waals surface area contributed by atoms with Crippen LogP contribution in [0.15, 0.2) is 17.3 Å². The van der Waals surface area contributed by atoms with Crippen molar-refractivity contribution in [3.05, 3.63) is 12.3 Å². The molecule has 0 aromatic heterocycles. The van der Waals surface area contributed by atoms with Gasteiger partial charge in [-0.2, -0.15) is 13.2 Å². The second kappa shape index (κ2) is 10.2. The summed E-state index contributed by atoms with van der Waals surface area (Å²) in [5.74, 6) is 0.557. The van der Waals surface area contributed by atoms with E-state index in [2.05, 4.69) is 15.6 Å². The van der Waals surface area contributed by atoms with Crippen molar-refractivity contribution < 1.29 is 18.0 Å². The molecule has 0 saturated heterocycles. The van der Waals surface area contributed by atoms with Crippen molar-refractivity contribution in [1.82, 2.24) is 15.5 Å². The second-order valence-corrected chi connectivity index (χ2v) is 4.61. The smallest absolute Gasteiger partial charge is 0.374 e. The van der Waals surface area contributed by atoms with Gasteiger partial charge in [0.15, 0.2) is 0 Å². The summed E-state index contributed by atoms with van der Waals surface area (Å²) in [7, 11) is 3.00. The van der Waals surface area contributed by atoms with Gasteiger partial charge in [0.1, 0.15) is 0 Å². The summed E-state index contributed by atoms with van der Waals surface area (Å²) < 4.78 is 36.3. The Bertz CT molecular complexity index is 367. The van der Waals surface area contributed by atoms with Gasteiger partial charge in [-0.15, -0.1) is 0 Å². The molecule has 2 N–H and O–H groups in total. The van der Waals surface area contributed by atoms with Crippen LogP contribution in [0, 0.1) is 0 Å². The van der Waals surface area contributed by atoms with Crippen LogP contribution in [0.2, 0.25) is 0 Å². The molecule has 0 aliphatic carbocycles. The monoisotopic (exact) mass is 308 g/mol. The molecule has 0 aromatic rings. The fraction of sp³-hybridized carbons (Fsp3) is 0.692. The number of aliphatic imine (C=N–C) groups is 1. The Morgan fingerprint density at radius 2 is 2.05 bits per heavy atom. The van der Waals surface area contributed by atoms with Gasteiger partial charge in [0.05, 0.1) is 12.4 Å². The summed E-state index contributed by atoms with van der Waals surface area (Å²) in [4.78, 5) is 16.2. The van der Waals surface area contributed by atoms with E-state index in [4.69, 9.17) is 0 Å². The molecule has 0 aliphatic heterocycles. The van der Waals surface area contributed by atoms with Crippen molar-refractivity contribution in [2.24, 2.45) is 4.99 Å². The van der Waals surface area contributed by atoms with Gasteiger partial charge in [-0.25, -0.2) is 4.99 Å². The zero-order valence-electron chi connectivity index (χ0n) is 12.6. The molecule has 0 heterocycles. The van der Waals surface area contributed by atoms with Crippen LogP contribution in [0.4, 0.5) is 13.2 Å². The van der Waals surface area contributed by atoms with E-state index in [0.717, 1.165) is 0 Å². The first-order valence-corrected chi connectivity index (χ1v) is 6.63. The molecule has 0 atom stereocenters. The molecule has 0 fully saturated rings. The normalized spacial score (nSPS) is 13.0. The van der Waals surface area contributed by atoms with Gasteiger partial charge in [-0.05, 0) is 26.9 Å². The molecule has 0 rings (SSSR count). The molecule has 5 nitrogen and oxygen atoms in total. The molecule has 122 valence electrons. The van der Waals surface area contributed by atoms with Crippen LogP contribution < -0.4 is 10.6 Å². The third-order valence-electron chi connectivity index (χ3n) is 2.50. The van der Waals surface area contributed by atoms with Crippen molar-refractivity contribution in [3.8, 4) is 0 Å². The van der Waals surface area contributed by atoms with Gasteiger partial charge in [-0.1, -0.05) is 6.08 Å². The quantitative estimate of drug-likeness (QED) is 0.406. The average Bonchev–Trinajstić information content (AvgIpc) is 2.37. The number of amides is 1. The lowest BCUT2D eigenvalue weighted by atomic mass is 10.3. The molecular formula is C13H23F3N4O. The molecule has 0 bridgehead atoms. The number of carbonyl (C=O) groups is 1. The van der Waals surface area contributed by atoms with Gasteiger partial charge >= 0.3 is 6.18 Å². The Labute approximate surface area is 123 Å². The van der Waals surface area contributed by atoms with Crippen LogP contribution >= 0.6 is 0 Å². The molecule has 0 saturated carbocycles. The Balaban J connectivity index is 3.79. The number of carbonyl (C=O) groups excluding carboxylic acids is 1. The lowest BCUT2D eigenvalue weighted by Crippen LogP contribution is -2.33. The Hall–Kier alpha value is -1.57. The van der Waals surface area contributed by atoms with Crippen LogP contribution in [-0.4, -0.2) is 56.5 Å². The number of rotatable bonds is 8. The average molecular weight is 308 g/mol. The number of nitrogens with one attached hydrogen (secondary N) is 2. The lowest BCUT2D eigenvalue weighted by Gasteiger charge is -2.18. The maximum Gasteiger partial charge on any atom is 0.401 e. The lowest BCUT2D eigenvalue weighted by molar-refractivity contribution is -0.143. The van der Waals surface area contributed by atoms with Crippen molar-refractivity contribution in [2.45, 2.75) is 25.9 Å². The molecule has 1 amide bonds. The minimum Gasteiger partial charge on any atom is -0.374 e. The molecule has 0 unspecified atom stereocenters. The van der Waals surface area contributed by atoms with E-state index in [0.29, 0.717) is 25.3 Å². The Morgan fingerprint density at radius 3 is 2.62 bits per heavy atom. The minimum atomic E-state index is -4.16. The number of alkyl halides is 3. The zero-order chi connectivity index (χ0) is 16.3. The Morgan fingerprint density at radius 1 is 1.38 bits per heavy atom. The highest BCUT2D eigenvalue weighted by Crippen LogP contribution is 2.15. The van der Waals surface area contributed by atoms with Crippen molar-refractivity contribution in [1.29, 1.82) is 0 Å². The number of nitrogens with zero attached hydrogens (tertiary/aromatic N) is 2. The molecule has 0 aromatic carbocycles. The van der Waals surface area contributed by atoms with Crippen LogP contribution in [0.1, 0.15) is 19.8 Å². The maximum atomic E-state index is 12.1. The summed E-state index contributed by atoms with van der Waals surface area (Å²) in [5, 5.41) is 5.48. The first-order chi connectivity index (χ1) is 9.74. The summed E-state index contributed by atoms with van der Waals surface area (Å²) in [6, 6.07) is 0. The molecule has 0 aliphatic rings. The van der Waals surface area contributed by atoms with E-state index in [1.54, 1.807) is 20.0 Å². The molecule has 0 spiro atoms. The van der Waals surface area contributed by atoms with Crippen LogP contribution in [0.25, 0.3) is 0 Å². The van der Waals surface area contributed by atoms with E-state index in [-0.39, 0.29) is 12.3 Å². The van der Waals surface area contributed by atoms with E-state index in [9.17, 15) is 18.0 Å². The number of hydrogen-bond donors (Lipinski definition) is 2. The third kappa shape index (κ3) is 13.2. The standard InChI is InChI=1S/C13H23F3N4O/c1-11(18-7-4-6-12(21)17-2)19-8-5-9-20(3)10-13(14,15)16/h4,7H,5-6,8-10H2,1-3H3,(H,17,21)(H,18,19)/b7-4-. The topological polar surface area (TPSA) is 56.7 Å². The van der Waals surface area contributed by atoms with E-state index in [1.807, 2.05) is 0 Å². The van der Waals surface area contributed by atoms with Crippen LogP contribution in [0.3, 0.4) is 0 Å². The Kier molecular flexibility index (Phi) is 9.44. The highest BCUT2D eigenvalue weighted by atomic mass is 19.4. The van der Waals surface area contributed by atoms with Gasteiger partial charge in [0.25, 0.3) is 0 Å². The highest BCUT2D eigenvalue weighted by Gasteiger charge is 2.28. The van der Waals surface area contributed by atoms with Crippen molar-refractivity contribution in [2.75, 3.05) is 33.7 Å². The molecule has 8 heteroatoms. The first-order valence-electron chi connectivity index (χ1n) is 6.63. The molecule has 0 radical (unpaired) electrons. The third-order valence-corrected chi connectivity index (χ3v) is 2.50. The summed E-state index contributed by atoms with van der Waals surface area (Å²) in [6.07, 6.45) is -0.166. The van der Waals surface area contributed by atoms with Crippen LogP contribution in [-0.2, 0) is 4.79 Å². The van der Waals surface area contributed by atoms with Gasteiger partial charge in [0, 0.05) is 26.2 Å².